The topological polar surface area (TPSA) is 76.6 Å². The lowest BCUT2D eigenvalue weighted by Gasteiger charge is -2.09. The number of thiophene rings is 1. The van der Waals surface area contributed by atoms with Crippen molar-refractivity contribution in [2.75, 3.05) is 11.1 Å². The molecule has 0 aliphatic carbocycles. The molecule has 0 aliphatic heterocycles. The Labute approximate surface area is 166 Å². The number of rotatable bonds is 4. The van der Waals surface area contributed by atoms with Crippen LogP contribution in [-0.2, 0) is 0 Å². The number of hydrogen-bond acceptors (Lipinski definition) is 4. The van der Waals surface area contributed by atoms with Crippen LogP contribution in [0.1, 0.15) is 36.9 Å². The van der Waals surface area contributed by atoms with Gasteiger partial charge in [0.25, 0.3) is 5.91 Å². The number of hydrogen-bond donors (Lipinski definition) is 2. The quantitative estimate of drug-likeness (QED) is 0.498. The van der Waals surface area contributed by atoms with E-state index in [1.54, 1.807) is 22.7 Å². The van der Waals surface area contributed by atoms with Crippen molar-refractivity contribution in [3.63, 3.8) is 0 Å². The van der Waals surface area contributed by atoms with Gasteiger partial charge in [-0.05, 0) is 54.6 Å². The molecule has 1 amide bonds. The summed E-state index contributed by atoms with van der Waals surface area (Å²) in [5.41, 5.74) is 10.5. The number of carbonyl (C=O) groups excluding carboxylic acids is 2. The van der Waals surface area contributed by atoms with Crippen molar-refractivity contribution in [1.82, 2.24) is 4.40 Å². The summed E-state index contributed by atoms with van der Waals surface area (Å²) in [4.78, 5) is 26.7. The molecule has 140 valence electrons. The van der Waals surface area contributed by atoms with Gasteiger partial charge in [0.1, 0.15) is 5.69 Å². The lowest BCUT2D eigenvalue weighted by Crippen LogP contribution is -2.14. The zero-order chi connectivity index (χ0) is 19.8. The molecular formula is C22H19N3O2S. The molecule has 0 radical (unpaired) electrons. The van der Waals surface area contributed by atoms with Crippen LogP contribution < -0.4 is 11.1 Å². The number of ketones is 1. The number of benzene rings is 1. The number of nitrogens with two attached hydrogens (primary N) is 1. The average molecular weight is 389 g/mol. The van der Waals surface area contributed by atoms with Crippen LogP contribution in [0.3, 0.4) is 0 Å². The van der Waals surface area contributed by atoms with Crippen LogP contribution in [-0.4, -0.2) is 16.1 Å². The Balaban J connectivity index is 1.83. The van der Waals surface area contributed by atoms with Gasteiger partial charge in [0, 0.05) is 11.9 Å². The third-order valence-corrected chi connectivity index (χ3v) is 5.58. The van der Waals surface area contributed by atoms with Gasteiger partial charge in [0.05, 0.1) is 21.6 Å². The molecule has 0 spiro atoms. The summed E-state index contributed by atoms with van der Waals surface area (Å²) >= 11 is 1.35. The van der Waals surface area contributed by atoms with Crippen LogP contribution in [0, 0.1) is 13.8 Å². The van der Waals surface area contributed by atoms with Gasteiger partial charge in [-0.25, -0.2) is 0 Å². The molecule has 0 bridgehead atoms. The van der Waals surface area contributed by atoms with E-state index in [1.807, 2.05) is 55.6 Å². The molecule has 6 heteroatoms. The first-order chi connectivity index (χ1) is 13.5. The highest BCUT2D eigenvalue weighted by atomic mass is 32.1. The Morgan fingerprint density at radius 3 is 2.64 bits per heavy atom. The zero-order valence-electron chi connectivity index (χ0n) is 15.5. The molecule has 28 heavy (non-hydrogen) atoms. The number of nitrogen functional groups attached to an aromatic ring is 1. The van der Waals surface area contributed by atoms with Crippen molar-refractivity contribution >= 4 is 39.9 Å². The summed E-state index contributed by atoms with van der Waals surface area (Å²) in [6.45, 7) is 3.90. The van der Waals surface area contributed by atoms with Crippen molar-refractivity contribution in [1.29, 1.82) is 0 Å². The van der Waals surface area contributed by atoms with Gasteiger partial charge >= 0.3 is 0 Å². The summed E-state index contributed by atoms with van der Waals surface area (Å²) in [5.74, 6) is -0.528. The lowest BCUT2D eigenvalue weighted by atomic mass is 10.1. The number of carbonyl (C=O) groups is 2. The number of aryl methyl sites for hydroxylation is 2. The molecule has 4 rings (SSSR count). The first-order valence-corrected chi connectivity index (χ1v) is 9.70. The normalized spacial score (nSPS) is 10.9. The van der Waals surface area contributed by atoms with Crippen LogP contribution in [0.15, 0.2) is 60.1 Å². The van der Waals surface area contributed by atoms with Gasteiger partial charge in [-0.2, -0.15) is 0 Å². The first kappa shape index (κ1) is 18.0. The molecule has 0 saturated heterocycles. The van der Waals surface area contributed by atoms with Crippen LogP contribution in [0.25, 0.3) is 5.52 Å². The van der Waals surface area contributed by atoms with E-state index in [1.165, 1.54) is 11.3 Å². The molecule has 0 aliphatic rings. The fourth-order valence-electron chi connectivity index (χ4n) is 3.28. The predicted molar refractivity (Wildman–Crippen MR) is 113 cm³/mol. The Morgan fingerprint density at radius 2 is 1.89 bits per heavy atom. The monoisotopic (exact) mass is 389 g/mol. The van der Waals surface area contributed by atoms with E-state index >= 15 is 0 Å². The smallest absolute Gasteiger partial charge is 0.259 e. The highest BCUT2D eigenvalue weighted by molar-refractivity contribution is 7.12. The highest BCUT2D eigenvalue weighted by Crippen LogP contribution is 2.30. The van der Waals surface area contributed by atoms with Gasteiger partial charge in [0.15, 0.2) is 0 Å². The Kier molecular flexibility index (Phi) is 4.49. The summed E-state index contributed by atoms with van der Waals surface area (Å²) in [6.07, 6.45) is 1.75. The second-order valence-corrected chi connectivity index (χ2v) is 7.62. The maximum atomic E-state index is 13.1. The fourth-order valence-corrected chi connectivity index (χ4v) is 3.94. The molecule has 0 atom stereocenters. The minimum absolute atomic E-state index is 0.187. The standard InChI is InChI=1S/C22H19N3O2S/c1-13-8-9-14(2)15(12-13)24-22(27)18-16-6-3-4-10-25(16)20(19(18)23)21(26)17-7-5-11-28-17/h3-12H,23H2,1-2H3,(H,24,27). The zero-order valence-corrected chi connectivity index (χ0v) is 16.3. The molecular weight excluding hydrogens is 370 g/mol. The second-order valence-electron chi connectivity index (χ2n) is 6.67. The van der Waals surface area contributed by atoms with E-state index in [0.29, 0.717) is 21.7 Å². The first-order valence-electron chi connectivity index (χ1n) is 8.82. The average Bonchev–Trinajstić information content (AvgIpc) is 3.30. The maximum absolute atomic E-state index is 13.1. The van der Waals surface area contributed by atoms with Gasteiger partial charge in [-0.1, -0.05) is 24.3 Å². The van der Waals surface area contributed by atoms with Gasteiger partial charge in [-0.3, -0.25) is 9.59 Å². The van der Waals surface area contributed by atoms with E-state index in [9.17, 15) is 9.59 Å². The number of nitrogens with zero attached hydrogens (tertiary/aromatic N) is 1. The van der Waals surface area contributed by atoms with Crippen LogP contribution >= 0.6 is 11.3 Å². The minimum atomic E-state index is -0.333. The summed E-state index contributed by atoms with van der Waals surface area (Å²) in [7, 11) is 0. The van der Waals surface area contributed by atoms with Gasteiger partial charge < -0.3 is 15.5 Å². The van der Waals surface area contributed by atoms with Crippen molar-refractivity contribution in [2.24, 2.45) is 0 Å². The number of fused-ring (bicyclic) bond motifs is 1. The molecule has 0 saturated carbocycles. The Hall–Kier alpha value is -3.38. The largest absolute Gasteiger partial charge is 0.396 e. The van der Waals surface area contributed by atoms with E-state index in [-0.39, 0.29) is 17.4 Å². The molecule has 5 nitrogen and oxygen atoms in total. The number of anilines is 2. The van der Waals surface area contributed by atoms with E-state index in [0.717, 1.165) is 16.8 Å². The highest BCUT2D eigenvalue weighted by Gasteiger charge is 2.26. The summed E-state index contributed by atoms with van der Waals surface area (Å²) < 4.78 is 1.69. The molecule has 3 aromatic heterocycles. The van der Waals surface area contributed by atoms with Gasteiger partial charge in [0.2, 0.25) is 5.78 Å². The SMILES string of the molecule is Cc1ccc(C)c(NC(=O)c2c(N)c(C(=O)c3cccs3)n3ccccc23)c1. The molecule has 0 unspecified atom stereocenters. The van der Waals surface area contributed by atoms with Gasteiger partial charge in [-0.15, -0.1) is 11.3 Å². The predicted octanol–water partition coefficient (Wildman–Crippen LogP) is 4.68. The Bertz CT molecular complexity index is 1210. The molecule has 0 fully saturated rings. The Morgan fingerprint density at radius 1 is 1.07 bits per heavy atom. The van der Waals surface area contributed by atoms with E-state index in [4.69, 9.17) is 5.73 Å². The fraction of sp³-hybridized carbons (Fsp3) is 0.0909. The molecule has 3 N–H and O–H groups in total. The second kappa shape index (κ2) is 6.98. The third-order valence-electron chi connectivity index (χ3n) is 4.71. The van der Waals surface area contributed by atoms with E-state index in [2.05, 4.69) is 5.32 Å². The number of pyridine rings is 1. The summed E-state index contributed by atoms with van der Waals surface area (Å²) in [6, 6.07) is 14.9. The number of amides is 1. The van der Waals surface area contributed by atoms with Crippen molar-refractivity contribution in [3.05, 3.63) is 87.4 Å². The van der Waals surface area contributed by atoms with Crippen LogP contribution in [0.4, 0.5) is 11.4 Å². The maximum Gasteiger partial charge on any atom is 0.259 e. The molecule has 4 aromatic rings. The van der Waals surface area contributed by atoms with Crippen molar-refractivity contribution in [3.8, 4) is 0 Å². The number of aromatic nitrogens is 1. The van der Waals surface area contributed by atoms with Crippen LogP contribution in [0.5, 0.6) is 0 Å². The minimum Gasteiger partial charge on any atom is -0.396 e. The number of nitrogens with one attached hydrogen (secondary N) is 1. The molecule has 3 heterocycles. The van der Waals surface area contributed by atoms with Crippen molar-refractivity contribution in [2.45, 2.75) is 13.8 Å². The molecule has 1 aromatic carbocycles. The lowest BCUT2D eigenvalue weighted by molar-refractivity contribution is 0.102. The van der Waals surface area contributed by atoms with Crippen LogP contribution in [0.2, 0.25) is 0 Å². The summed E-state index contributed by atoms with van der Waals surface area (Å²) in [5, 5.41) is 4.79. The van der Waals surface area contributed by atoms with E-state index < -0.39 is 0 Å². The third kappa shape index (κ3) is 2.97. The van der Waals surface area contributed by atoms with Crippen molar-refractivity contribution < 1.29 is 9.59 Å².